The van der Waals surface area contributed by atoms with Crippen LogP contribution in [0.2, 0.25) is 0 Å². The molecule has 0 saturated heterocycles. The Labute approximate surface area is 116 Å². The average Bonchev–Trinajstić information content (AvgIpc) is 2.10. The lowest BCUT2D eigenvalue weighted by Crippen LogP contribution is -2.44. The first-order valence-electron chi connectivity index (χ1n) is 6.15. The van der Waals surface area contributed by atoms with Crippen molar-refractivity contribution in [3.8, 4) is 0 Å². The average molecular weight is 294 g/mol. The molecule has 0 aromatic rings. The lowest BCUT2D eigenvalue weighted by molar-refractivity contribution is -0.188. The third-order valence-electron chi connectivity index (χ3n) is 2.40. The quantitative estimate of drug-likeness (QED) is 0.745. The first-order chi connectivity index (χ1) is 8.25. The molecule has 19 heavy (non-hydrogen) atoms. The van der Waals surface area contributed by atoms with E-state index in [2.05, 4.69) is 4.72 Å². The van der Waals surface area contributed by atoms with Crippen LogP contribution in [0.15, 0.2) is 0 Å². The fraction of sp³-hybridized carbons (Fsp3) is 0.917. The zero-order valence-electron chi connectivity index (χ0n) is 12.9. The van der Waals surface area contributed by atoms with Gasteiger partial charge >= 0.3 is 0 Å². The number of amides is 1. The maximum Gasteiger partial charge on any atom is 0.251 e. The van der Waals surface area contributed by atoms with Gasteiger partial charge < -0.3 is 0 Å². The molecule has 0 aromatic heterocycles. The summed E-state index contributed by atoms with van der Waals surface area (Å²) in [6.45, 7) is 9.22. The molecule has 0 spiro atoms. The molecule has 0 aliphatic heterocycles. The van der Waals surface area contributed by atoms with E-state index in [1.807, 2.05) is 20.8 Å². The molecule has 0 heterocycles. The van der Waals surface area contributed by atoms with Crippen molar-refractivity contribution in [3.63, 3.8) is 0 Å². The number of sulfonamides is 1. The predicted octanol–water partition coefficient (Wildman–Crippen LogP) is 1.14. The molecule has 0 bridgehead atoms. The second-order valence-corrected chi connectivity index (χ2v) is 8.14. The van der Waals surface area contributed by atoms with E-state index >= 15 is 0 Å². The molecule has 0 atom stereocenters. The molecule has 7 heteroatoms. The van der Waals surface area contributed by atoms with Crippen LogP contribution < -0.4 is 4.72 Å². The molecule has 0 aliphatic carbocycles. The zero-order valence-corrected chi connectivity index (χ0v) is 13.7. The second kappa shape index (κ2) is 6.19. The molecular weight excluding hydrogens is 268 g/mol. The maximum absolute atomic E-state index is 11.8. The monoisotopic (exact) mass is 294 g/mol. The largest absolute Gasteiger partial charge is 0.272 e. The van der Waals surface area contributed by atoms with E-state index < -0.39 is 21.0 Å². The van der Waals surface area contributed by atoms with Crippen LogP contribution in [-0.2, 0) is 19.7 Å². The van der Waals surface area contributed by atoms with Gasteiger partial charge in [-0.1, -0.05) is 20.8 Å². The van der Waals surface area contributed by atoms with Crippen LogP contribution in [-0.4, -0.2) is 44.8 Å². The van der Waals surface area contributed by atoms with Gasteiger partial charge in [-0.25, -0.2) is 18.2 Å². The van der Waals surface area contributed by atoms with Gasteiger partial charge in [0, 0.05) is 18.0 Å². The summed E-state index contributed by atoms with van der Waals surface area (Å²) in [4.78, 5) is 17.2. The van der Waals surface area contributed by atoms with Crippen LogP contribution in [0.5, 0.6) is 0 Å². The SMILES string of the molecule is CN(OCCC(C)(C)NS(C)(=O)=O)C(=O)C(C)(C)C. The predicted molar refractivity (Wildman–Crippen MR) is 74.9 cm³/mol. The van der Waals surface area contributed by atoms with Crippen LogP contribution in [0.1, 0.15) is 41.0 Å². The Balaban J connectivity index is 4.27. The van der Waals surface area contributed by atoms with E-state index in [4.69, 9.17) is 4.84 Å². The van der Waals surface area contributed by atoms with Gasteiger partial charge in [0.15, 0.2) is 0 Å². The number of carbonyl (C=O) groups excluding carboxylic acids is 1. The summed E-state index contributed by atoms with van der Waals surface area (Å²) in [5.74, 6) is -0.124. The van der Waals surface area contributed by atoms with Gasteiger partial charge in [-0.2, -0.15) is 0 Å². The van der Waals surface area contributed by atoms with Crippen molar-refractivity contribution < 1.29 is 18.0 Å². The van der Waals surface area contributed by atoms with Crippen molar-refractivity contribution in [1.29, 1.82) is 0 Å². The third kappa shape index (κ3) is 8.18. The van der Waals surface area contributed by atoms with E-state index in [0.717, 1.165) is 6.26 Å². The van der Waals surface area contributed by atoms with Crippen molar-refractivity contribution in [2.75, 3.05) is 19.9 Å². The fourth-order valence-electron chi connectivity index (χ4n) is 1.52. The molecule has 0 unspecified atom stereocenters. The standard InChI is InChI=1S/C12H26N2O4S/c1-11(2,3)10(15)14(6)18-9-8-12(4,5)13-19(7,16)17/h13H,8-9H2,1-7H3. The van der Waals surface area contributed by atoms with Crippen molar-refractivity contribution in [1.82, 2.24) is 9.79 Å². The van der Waals surface area contributed by atoms with Gasteiger partial charge in [-0.05, 0) is 20.3 Å². The number of hydrogen-bond donors (Lipinski definition) is 1. The molecule has 0 fully saturated rings. The van der Waals surface area contributed by atoms with Crippen LogP contribution in [0.25, 0.3) is 0 Å². The van der Waals surface area contributed by atoms with Crippen molar-refractivity contribution in [2.24, 2.45) is 5.41 Å². The Hall–Kier alpha value is -0.660. The Morgan fingerprint density at radius 1 is 1.21 bits per heavy atom. The lowest BCUT2D eigenvalue weighted by atomic mass is 9.96. The molecule has 6 nitrogen and oxygen atoms in total. The van der Waals surface area contributed by atoms with Crippen molar-refractivity contribution >= 4 is 15.9 Å². The van der Waals surface area contributed by atoms with Gasteiger partial charge in [-0.3, -0.25) is 9.63 Å². The number of hydroxylamine groups is 2. The van der Waals surface area contributed by atoms with Gasteiger partial charge in [0.25, 0.3) is 5.91 Å². The minimum Gasteiger partial charge on any atom is -0.272 e. The summed E-state index contributed by atoms with van der Waals surface area (Å²) in [6, 6.07) is 0. The minimum atomic E-state index is -3.26. The molecule has 0 radical (unpaired) electrons. The number of nitrogens with one attached hydrogen (secondary N) is 1. The highest BCUT2D eigenvalue weighted by atomic mass is 32.2. The summed E-state index contributed by atoms with van der Waals surface area (Å²) in [6.07, 6.45) is 1.58. The molecular formula is C12H26N2O4S. The van der Waals surface area contributed by atoms with E-state index in [1.165, 1.54) is 5.06 Å². The van der Waals surface area contributed by atoms with Crippen molar-refractivity contribution in [2.45, 2.75) is 46.6 Å². The molecule has 0 aliphatic rings. The van der Waals surface area contributed by atoms with E-state index in [-0.39, 0.29) is 12.5 Å². The third-order valence-corrected chi connectivity index (χ3v) is 3.32. The van der Waals surface area contributed by atoms with Gasteiger partial charge in [0.2, 0.25) is 10.0 Å². The molecule has 0 rings (SSSR count). The van der Waals surface area contributed by atoms with E-state index in [9.17, 15) is 13.2 Å². The van der Waals surface area contributed by atoms with Gasteiger partial charge in [-0.15, -0.1) is 0 Å². The molecule has 1 N–H and O–H groups in total. The Morgan fingerprint density at radius 3 is 2.05 bits per heavy atom. The first-order valence-corrected chi connectivity index (χ1v) is 8.04. The first kappa shape index (κ1) is 18.3. The normalized spacial score (nSPS) is 13.4. The van der Waals surface area contributed by atoms with E-state index in [1.54, 1.807) is 20.9 Å². The summed E-state index contributed by atoms with van der Waals surface area (Å²) >= 11 is 0. The molecule has 0 saturated carbocycles. The lowest BCUT2D eigenvalue weighted by Gasteiger charge is -2.28. The smallest absolute Gasteiger partial charge is 0.251 e. The number of rotatable bonds is 6. The van der Waals surface area contributed by atoms with Crippen LogP contribution in [0, 0.1) is 5.41 Å². The maximum atomic E-state index is 11.8. The summed E-state index contributed by atoms with van der Waals surface area (Å²) in [7, 11) is -1.70. The van der Waals surface area contributed by atoms with Crippen LogP contribution in [0.4, 0.5) is 0 Å². The van der Waals surface area contributed by atoms with Gasteiger partial charge in [0.05, 0.1) is 12.9 Å². The van der Waals surface area contributed by atoms with Crippen molar-refractivity contribution in [3.05, 3.63) is 0 Å². The highest BCUT2D eigenvalue weighted by Crippen LogP contribution is 2.17. The highest BCUT2D eigenvalue weighted by Gasteiger charge is 2.27. The van der Waals surface area contributed by atoms with Gasteiger partial charge in [0.1, 0.15) is 0 Å². The minimum absolute atomic E-state index is 0.124. The molecule has 1 amide bonds. The Morgan fingerprint density at radius 2 is 1.68 bits per heavy atom. The second-order valence-electron chi connectivity index (χ2n) is 6.39. The topological polar surface area (TPSA) is 75.7 Å². The molecule has 114 valence electrons. The summed E-state index contributed by atoms with van der Waals surface area (Å²) < 4.78 is 24.9. The number of hydrogen-bond acceptors (Lipinski definition) is 4. The Kier molecular flexibility index (Phi) is 5.98. The highest BCUT2D eigenvalue weighted by molar-refractivity contribution is 7.88. The fourth-order valence-corrected chi connectivity index (χ4v) is 2.63. The summed E-state index contributed by atoms with van der Waals surface area (Å²) in [5.41, 5.74) is -1.12. The Bertz CT molecular complexity index is 410. The van der Waals surface area contributed by atoms with E-state index in [0.29, 0.717) is 6.42 Å². The number of nitrogens with zero attached hydrogens (tertiary/aromatic N) is 1. The molecule has 0 aromatic carbocycles. The number of carbonyl (C=O) groups is 1. The summed E-state index contributed by atoms with van der Waals surface area (Å²) in [5, 5.41) is 1.20. The van der Waals surface area contributed by atoms with Crippen LogP contribution in [0.3, 0.4) is 0 Å². The van der Waals surface area contributed by atoms with Crippen LogP contribution >= 0.6 is 0 Å². The zero-order chi connectivity index (χ0) is 15.5.